The maximum absolute atomic E-state index is 13.4. The molecule has 1 aliphatic carbocycles. The highest BCUT2D eigenvalue weighted by Gasteiger charge is 2.30. The van der Waals surface area contributed by atoms with Gasteiger partial charge in [0.15, 0.2) is 5.78 Å². The minimum absolute atomic E-state index is 0.0425. The second-order valence-electron chi connectivity index (χ2n) is 11.5. The van der Waals surface area contributed by atoms with Crippen molar-refractivity contribution in [2.24, 2.45) is 0 Å². The monoisotopic (exact) mass is 549 g/mol. The predicted molar refractivity (Wildman–Crippen MR) is 177 cm³/mol. The fourth-order valence-corrected chi connectivity index (χ4v) is 6.67. The second kappa shape index (κ2) is 12.2. The lowest BCUT2D eigenvalue weighted by Gasteiger charge is -2.25. The number of nitrogen functional groups attached to an aromatic ring is 1. The van der Waals surface area contributed by atoms with E-state index in [1.807, 2.05) is 24.3 Å². The molecule has 6 rings (SSSR count). The number of benzene rings is 5. The molecule has 0 heterocycles. The molecule has 2 heteroatoms. The first-order chi connectivity index (χ1) is 20.6. The lowest BCUT2D eigenvalue weighted by molar-refractivity contribution is 0.103. The Morgan fingerprint density at radius 1 is 0.643 bits per heavy atom. The molecule has 5 aromatic rings. The van der Waals surface area contributed by atoms with E-state index in [2.05, 4.69) is 80.6 Å². The number of hydrogen-bond donors (Lipinski definition) is 1. The van der Waals surface area contributed by atoms with Crippen molar-refractivity contribution in [2.45, 2.75) is 58.8 Å². The van der Waals surface area contributed by atoms with Gasteiger partial charge in [-0.1, -0.05) is 118 Å². The molecule has 0 aromatic heterocycles. The van der Waals surface area contributed by atoms with E-state index in [1.165, 1.54) is 57.3 Å². The molecule has 1 aliphatic rings. The number of rotatable bonds is 10. The van der Waals surface area contributed by atoms with E-state index in [9.17, 15) is 4.79 Å². The molecule has 0 amide bonds. The first kappa shape index (κ1) is 27.7. The van der Waals surface area contributed by atoms with E-state index >= 15 is 0 Å². The Balaban J connectivity index is 1.61. The van der Waals surface area contributed by atoms with E-state index in [1.54, 1.807) is 17.7 Å². The van der Waals surface area contributed by atoms with E-state index in [0.29, 0.717) is 16.8 Å². The molecule has 42 heavy (non-hydrogen) atoms. The standard InChI is InChI=1S/C40H39NO/c1-3-5-17-32-33(18-6-4-2)39-31-19-11-10-16-30(31)26-35(39)38(37(32)27-14-8-7-9-15-27)28-22-24-29(25-23-28)40(42)34-20-12-13-21-36(34)41/h7-16,19-25H,3-6,17-18,26,41H2,1-2H3. The van der Waals surface area contributed by atoms with Crippen LogP contribution in [0.4, 0.5) is 5.69 Å². The van der Waals surface area contributed by atoms with Gasteiger partial charge in [0, 0.05) is 16.8 Å². The van der Waals surface area contributed by atoms with Crippen molar-refractivity contribution < 1.29 is 4.79 Å². The average molecular weight is 550 g/mol. The number of unbranched alkanes of at least 4 members (excludes halogenated alkanes) is 2. The predicted octanol–water partition coefficient (Wildman–Crippen LogP) is 10.1. The van der Waals surface area contributed by atoms with Gasteiger partial charge in [0.05, 0.1) is 0 Å². The lowest BCUT2D eigenvalue weighted by Crippen LogP contribution is -2.07. The van der Waals surface area contributed by atoms with Gasteiger partial charge >= 0.3 is 0 Å². The van der Waals surface area contributed by atoms with Gasteiger partial charge in [0.1, 0.15) is 0 Å². The summed E-state index contributed by atoms with van der Waals surface area (Å²) in [5.74, 6) is -0.0425. The third-order valence-electron chi connectivity index (χ3n) is 8.74. The quantitative estimate of drug-likeness (QED) is 0.136. The molecule has 0 fully saturated rings. The molecule has 0 bridgehead atoms. The largest absolute Gasteiger partial charge is 0.398 e. The zero-order valence-corrected chi connectivity index (χ0v) is 24.8. The molecule has 5 aromatic carbocycles. The lowest BCUT2D eigenvalue weighted by atomic mass is 9.78. The Labute approximate surface area is 250 Å². The summed E-state index contributed by atoms with van der Waals surface area (Å²) in [7, 11) is 0. The molecule has 2 nitrogen and oxygen atoms in total. The highest BCUT2D eigenvalue weighted by Crippen LogP contribution is 2.51. The summed E-state index contributed by atoms with van der Waals surface area (Å²) in [6.45, 7) is 4.57. The van der Waals surface area contributed by atoms with Crippen LogP contribution in [0, 0.1) is 0 Å². The van der Waals surface area contributed by atoms with E-state index in [-0.39, 0.29) is 5.78 Å². The number of carbonyl (C=O) groups excluding carboxylic acids is 1. The van der Waals surface area contributed by atoms with E-state index in [4.69, 9.17) is 5.73 Å². The summed E-state index contributed by atoms with van der Waals surface area (Å²) in [6, 6.07) is 35.5. The average Bonchev–Trinajstić information content (AvgIpc) is 3.42. The molecule has 0 atom stereocenters. The number of ketones is 1. The number of hydrogen-bond acceptors (Lipinski definition) is 2. The van der Waals surface area contributed by atoms with Crippen molar-refractivity contribution in [1.29, 1.82) is 0 Å². The molecule has 210 valence electrons. The SMILES string of the molecule is CCCCc1c(CCCC)c(-c2ccccc2)c(-c2ccc(C(=O)c3ccccc3N)cc2)c2c1-c1ccccc1C2. The Bertz CT molecular complexity index is 1730. The molecule has 0 saturated heterocycles. The molecular formula is C40H39NO. The summed E-state index contributed by atoms with van der Waals surface area (Å²) >= 11 is 0. The van der Waals surface area contributed by atoms with Crippen molar-refractivity contribution in [1.82, 2.24) is 0 Å². The molecule has 0 unspecified atom stereocenters. The van der Waals surface area contributed by atoms with Crippen LogP contribution < -0.4 is 5.73 Å². The third kappa shape index (κ3) is 5.07. The highest BCUT2D eigenvalue weighted by atomic mass is 16.1. The van der Waals surface area contributed by atoms with Crippen LogP contribution in [0.5, 0.6) is 0 Å². The van der Waals surface area contributed by atoms with Crippen LogP contribution in [-0.4, -0.2) is 5.78 Å². The fourth-order valence-electron chi connectivity index (χ4n) is 6.67. The fraction of sp³-hybridized carbons (Fsp3) is 0.225. The zero-order valence-electron chi connectivity index (χ0n) is 24.8. The summed E-state index contributed by atoms with van der Waals surface area (Å²) < 4.78 is 0. The molecule has 0 saturated carbocycles. The van der Waals surface area contributed by atoms with E-state index < -0.39 is 0 Å². The molecular weight excluding hydrogens is 510 g/mol. The Morgan fingerprint density at radius 3 is 1.93 bits per heavy atom. The van der Waals surface area contributed by atoms with Gasteiger partial charge in [-0.15, -0.1) is 0 Å². The molecule has 0 radical (unpaired) electrons. The minimum atomic E-state index is -0.0425. The Kier molecular flexibility index (Phi) is 8.06. The Morgan fingerprint density at radius 2 is 1.24 bits per heavy atom. The van der Waals surface area contributed by atoms with Crippen molar-refractivity contribution in [3.05, 3.63) is 137 Å². The number of carbonyl (C=O) groups is 1. The van der Waals surface area contributed by atoms with Gasteiger partial charge in [0.2, 0.25) is 0 Å². The maximum Gasteiger partial charge on any atom is 0.195 e. The maximum atomic E-state index is 13.4. The van der Waals surface area contributed by atoms with Crippen LogP contribution >= 0.6 is 0 Å². The summed E-state index contributed by atoms with van der Waals surface area (Å²) in [5, 5.41) is 0. The summed E-state index contributed by atoms with van der Waals surface area (Å²) in [5.41, 5.74) is 21.7. The van der Waals surface area contributed by atoms with Crippen LogP contribution in [-0.2, 0) is 19.3 Å². The third-order valence-corrected chi connectivity index (χ3v) is 8.74. The van der Waals surface area contributed by atoms with Gasteiger partial charge < -0.3 is 5.73 Å². The molecule has 0 spiro atoms. The van der Waals surface area contributed by atoms with Crippen molar-refractivity contribution in [2.75, 3.05) is 5.73 Å². The first-order valence-corrected chi connectivity index (χ1v) is 15.5. The van der Waals surface area contributed by atoms with Gasteiger partial charge in [-0.2, -0.15) is 0 Å². The minimum Gasteiger partial charge on any atom is -0.398 e. The van der Waals surface area contributed by atoms with Crippen LogP contribution in [0.1, 0.15) is 77.7 Å². The van der Waals surface area contributed by atoms with E-state index in [0.717, 1.165) is 37.7 Å². The van der Waals surface area contributed by atoms with Gasteiger partial charge in [-0.3, -0.25) is 4.79 Å². The number of para-hydroxylation sites is 1. The van der Waals surface area contributed by atoms with Gasteiger partial charge in [-0.25, -0.2) is 0 Å². The smallest absolute Gasteiger partial charge is 0.195 e. The number of fused-ring (bicyclic) bond motifs is 3. The van der Waals surface area contributed by atoms with Crippen molar-refractivity contribution in [3.8, 4) is 33.4 Å². The first-order valence-electron chi connectivity index (χ1n) is 15.5. The topological polar surface area (TPSA) is 43.1 Å². The summed E-state index contributed by atoms with van der Waals surface area (Å²) in [4.78, 5) is 13.4. The molecule has 2 N–H and O–H groups in total. The zero-order chi connectivity index (χ0) is 29.1. The van der Waals surface area contributed by atoms with Crippen molar-refractivity contribution in [3.63, 3.8) is 0 Å². The Hall–Kier alpha value is -4.43. The van der Waals surface area contributed by atoms with Crippen LogP contribution in [0.25, 0.3) is 33.4 Å². The summed E-state index contributed by atoms with van der Waals surface area (Å²) in [6.07, 6.45) is 7.75. The van der Waals surface area contributed by atoms with Crippen LogP contribution in [0.2, 0.25) is 0 Å². The molecule has 0 aliphatic heterocycles. The number of nitrogens with two attached hydrogens (primary N) is 1. The van der Waals surface area contributed by atoms with Crippen LogP contribution in [0.15, 0.2) is 103 Å². The van der Waals surface area contributed by atoms with Gasteiger partial charge in [0.25, 0.3) is 0 Å². The highest BCUT2D eigenvalue weighted by molar-refractivity contribution is 6.12. The van der Waals surface area contributed by atoms with Crippen LogP contribution in [0.3, 0.4) is 0 Å². The normalized spacial score (nSPS) is 11.8. The van der Waals surface area contributed by atoms with Gasteiger partial charge in [-0.05, 0) is 99.9 Å². The van der Waals surface area contributed by atoms with Crippen molar-refractivity contribution >= 4 is 11.5 Å². The second-order valence-corrected chi connectivity index (χ2v) is 11.5. The number of anilines is 1.